The highest BCUT2D eigenvalue weighted by molar-refractivity contribution is 5.93. The van der Waals surface area contributed by atoms with Gasteiger partial charge in [0.15, 0.2) is 0 Å². The maximum absolute atomic E-state index is 12.2. The molecular formula is C13H19F3N4O2. The van der Waals surface area contributed by atoms with Gasteiger partial charge in [0, 0.05) is 31.9 Å². The summed E-state index contributed by atoms with van der Waals surface area (Å²) in [4.78, 5) is 14.1. The zero-order chi connectivity index (χ0) is 16.2. The molecule has 6 nitrogen and oxygen atoms in total. The SMILES string of the molecule is CC(CNC(=O)c1cnn(CC(F)(F)F)c1)N1CCOCC1. The van der Waals surface area contributed by atoms with E-state index >= 15 is 0 Å². The summed E-state index contributed by atoms with van der Waals surface area (Å²) in [6, 6.07) is 0.137. The fourth-order valence-corrected chi connectivity index (χ4v) is 2.24. The quantitative estimate of drug-likeness (QED) is 0.876. The molecule has 0 bridgehead atoms. The van der Waals surface area contributed by atoms with E-state index in [1.165, 1.54) is 0 Å². The van der Waals surface area contributed by atoms with E-state index in [9.17, 15) is 18.0 Å². The summed E-state index contributed by atoms with van der Waals surface area (Å²) in [6.07, 6.45) is -2.12. The number of morpholine rings is 1. The normalized spacial score (nSPS) is 18.2. The lowest BCUT2D eigenvalue weighted by Crippen LogP contribution is -2.47. The average molecular weight is 320 g/mol. The highest BCUT2D eigenvalue weighted by atomic mass is 19.4. The number of carbonyl (C=O) groups excluding carboxylic acids is 1. The number of nitrogens with one attached hydrogen (secondary N) is 1. The van der Waals surface area contributed by atoms with Crippen LogP contribution in [0.2, 0.25) is 0 Å². The molecule has 0 aromatic carbocycles. The molecule has 9 heteroatoms. The van der Waals surface area contributed by atoms with Crippen LogP contribution >= 0.6 is 0 Å². The van der Waals surface area contributed by atoms with E-state index in [0.29, 0.717) is 24.4 Å². The van der Waals surface area contributed by atoms with Gasteiger partial charge in [-0.1, -0.05) is 0 Å². The molecule has 0 spiro atoms. The Hall–Kier alpha value is -1.61. The van der Waals surface area contributed by atoms with Crippen molar-refractivity contribution in [2.45, 2.75) is 25.7 Å². The molecule has 0 radical (unpaired) electrons. The molecule has 0 saturated carbocycles. The van der Waals surface area contributed by atoms with Crippen molar-refractivity contribution in [3.8, 4) is 0 Å². The summed E-state index contributed by atoms with van der Waals surface area (Å²) in [6.45, 7) is 4.15. The maximum atomic E-state index is 12.2. The van der Waals surface area contributed by atoms with Crippen LogP contribution in [0.3, 0.4) is 0 Å². The summed E-state index contributed by atoms with van der Waals surface area (Å²) >= 11 is 0. The van der Waals surface area contributed by atoms with Crippen molar-refractivity contribution < 1.29 is 22.7 Å². The number of amides is 1. The minimum Gasteiger partial charge on any atom is -0.379 e. The van der Waals surface area contributed by atoms with Gasteiger partial charge in [-0.15, -0.1) is 0 Å². The van der Waals surface area contributed by atoms with Gasteiger partial charge in [0.05, 0.1) is 25.0 Å². The number of hydrogen-bond donors (Lipinski definition) is 1. The maximum Gasteiger partial charge on any atom is 0.408 e. The molecule has 1 amide bonds. The number of ether oxygens (including phenoxy) is 1. The Balaban J connectivity index is 1.81. The van der Waals surface area contributed by atoms with Gasteiger partial charge in [-0.3, -0.25) is 14.4 Å². The van der Waals surface area contributed by atoms with Crippen molar-refractivity contribution in [1.82, 2.24) is 20.0 Å². The number of nitrogens with zero attached hydrogens (tertiary/aromatic N) is 3. The summed E-state index contributed by atoms with van der Waals surface area (Å²) in [5, 5.41) is 6.26. The lowest BCUT2D eigenvalue weighted by atomic mass is 10.2. The van der Waals surface area contributed by atoms with Crippen LogP contribution in [0.25, 0.3) is 0 Å². The van der Waals surface area contributed by atoms with Gasteiger partial charge in [-0.2, -0.15) is 18.3 Å². The highest BCUT2D eigenvalue weighted by Crippen LogP contribution is 2.17. The first-order valence-electron chi connectivity index (χ1n) is 7.04. The van der Waals surface area contributed by atoms with Crippen LogP contribution in [0.15, 0.2) is 12.4 Å². The Kier molecular flexibility index (Phi) is 5.41. The summed E-state index contributed by atoms with van der Waals surface area (Å²) < 4.78 is 42.7. The molecule has 1 fully saturated rings. The lowest BCUT2D eigenvalue weighted by Gasteiger charge is -2.32. The number of alkyl halides is 3. The largest absolute Gasteiger partial charge is 0.408 e. The Labute approximate surface area is 126 Å². The predicted molar refractivity (Wildman–Crippen MR) is 72.5 cm³/mol. The van der Waals surface area contributed by atoms with Crippen LogP contribution in [0.5, 0.6) is 0 Å². The monoisotopic (exact) mass is 320 g/mol. The van der Waals surface area contributed by atoms with Crippen molar-refractivity contribution in [1.29, 1.82) is 0 Å². The number of hydrogen-bond acceptors (Lipinski definition) is 4. The molecule has 1 saturated heterocycles. The predicted octanol–water partition coefficient (Wildman–Crippen LogP) is 0.896. The van der Waals surface area contributed by atoms with Gasteiger partial charge >= 0.3 is 6.18 Å². The molecule has 1 unspecified atom stereocenters. The van der Waals surface area contributed by atoms with Crippen molar-refractivity contribution in [3.63, 3.8) is 0 Å². The highest BCUT2D eigenvalue weighted by Gasteiger charge is 2.28. The van der Waals surface area contributed by atoms with Crippen molar-refractivity contribution in [2.75, 3.05) is 32.8 Å². The Morgan fingerprint density at radius 2 is 2.14 bits per heavy atom. The Bertz CT molecular complexity index is 498. The Morgan fingerprint density at radius 1 is 1.45 bits per heavy atom. The van der Waals surface area contributed by atoms with E-state index in [1.807, 2.05) is 6.92 Å². The summed E-state index contributed by atoms with van der Waals surface area (Å²) in [7, 11) is 0. The minimum atomic E-state index is -4.36. The first-order valence-corrected chi connectivity index (χ1v) is 7.04. The van der Waals surface area contributed by atoms with Gasteiger partial charge in [0.25, 0.3) is 5.91 Å². The van der Waals surface area contributed by atoms with Gasteiger partial charge in [0.2, 0.25) is 0 Å². The van der Waals surface area contributed by atoms with Crippen LogP contribution in [0.1, 0.15) is 17.3 Å². The molecule has 22 heavy (non-hydrogen) atoms. The fraction of sp³-hybridized carbons (Fsp3) is 0.692. The minimum absolute atomic E-state index is 0.124. The first-order chi connectivity index (χ1) is 10.3. The van der Waals surface area contributed by atoms with Gasteiger partial charge < -0.3 is 10.1 Å². The second-order valence-electron chi connectivity index (χ2n) is 5.25. The molecule has 1 aromatic rings. The standard InChI is InChI=1S/C13H19F3N4O2/c1-10(19-2-4-22-5-3-19)6-17-12(21)11-7-18-20(8-11)9-13(14,15)16/h7-8,10H,2-6,9H2,1H3,(H,17,21). The van der Waals surface area contributed by atoms with E-state index in [1.54, 1.807) is 0 Å². The second kappa shape index (κ2) is 7.10. The molecule has 1 aliphatic rings. The van der Waals surface area contributed by atoms with Gasteiger partial charge in [-0.05, 0) is 6.92 Å². The molecule has 1 aliphatic heterocycles. The number of halogens is 3. The smallest absolute Gasteiger partial charge is 0.379 e. The van der Waals surface area contributed by atoms with Crippen LogP contribution < -0.4 is 5.32 Å². The molecule has 2 rings (SSSR count). The molecule has 2 heterocycles. The van der Waals surface area contributed by atoms with Crippen LogP contribution in [-0.2, 0) is 11.3 Å². The summed E-state index contributed by atoms with van der Waals surface area (Å²) in [5.74, 6) is -0.423. The molecule has 1 N–H and O–H groups in total. The average Bonchev–Trinajstić information content (AvgIpc) is 2.91. The van der Waals surface area contributed by atoms with Crippen LogP contribution in [0, 0.1) is 0 Å². The third-order valence-corrected chi connectivity index (χ3v) is 3.46. The Morgan fingerprint density at radius 3 is 2.77 bits per heavy atom. The van der Waals surface area contributed by atoms with Crippen LogP contribution in [-0.4, -0.2) is 65.7 Å². The fourth-order valence-electron chi connectivity index (χ4n) is 2.24. The van der Waals surface area contributed by atoms with Gasteiger partial charge in [0.1, 0.15) is 6.54 Å². The zero-order valence-corrected chi connectivity index (χ0v) is 12.3. The first kappa shape index (κ1) is 16.8. The topological polar surface area (TPSA) is 59.4 Å². The van der Waals surface area contributed by atoms with E-state index in [-0.39, 0.29) is 11.6 Å². The van der Waals surface area contributed by atoms with Gasteiger partial charge in [-0.25, -0.2) is 0 Å². The van der Waals surface area contributed by atoms with Crippen molar-refractivity contribution >= 4 is 5.91 Å². The number of aromatic nitrogens is 2. The lowest BCUT2D eigenvalue weighted by molar-refractivity contribution is -0.142. The second-order valence-corrected chi connectivity index (χ2v) is 5.25. The molecule has 1 aromatic heterocycles. The summed E-state index contributed by atoms with van der Waals surface area (Å²) in [5.41, 5.74) is 0.124. The van der Waals surface area contributed by atoms with E-state index in [4.69, 9.17) is 4.74 Å². The van der Waals surface area contributed by atoms with Crippen molar-refractivity contribution in [3.05, 3.63) is 18.0 Å². The third-order valence-electron chi connectivity index (χ3n) is 3.46. The number of carbonyl (C=O) groups is 1. The van der Waals surface area contributed by atoms with E-state index in [0.717, 1.165) is 25.5 Å². The van der Waals surface area contributed by atoms with E-state index in [2.05, 4.69) is 15.3 Å². The molecule has 1 atom stereocenters. The zero-order valence-electron chi connectivity index (χ0n) is 12.3. The molecule has 0 aliphatic carbocycles. The number of rotatable bonds is 5. The van der Waals surface area contributed by atoms with Crippen LogP contribution in [0.4, 0.5) is 13.2 Å². The third kappa shape index (κ3) is 4.99. The van der Waals surface area contributed by atoms with Crippen molar-refractivity contribution in [2.24, 2.45) is 0 Å². The molecular weight excluding hydrogens is 301 g/mol. The molecule has 124 valence electrons. The van der Waals surface area contributed by atoms with E-state index < -0.39 is 18.6 Å².